The van der Waals surface area contributed by atoms with Crippen molar-refractivity contribution in [2.24, 2.45) is 0 Å². The van der Waals surface area contributed by atoms with Gasteiger partial charge in [-0.3, -0.25) is 4.79 Å². The third kappa shape index (κ3) is 4.46. The average molecular weight is 271 g/mol. The SMILES string of the molecule is CCS(=O)(=O)N(CCC(=O)O)Cc1ccccc1. The fraction of sp³-hybridized carbons (Fsp3) is 0.417. The van der Waals surface area contributed by atoms with E-state index >= 15 is 0 Å². The van der Waals surface area contributed by atoms with Crippen LogP contribution >= 0.6 is 0 Å². The smallest absolute Gasteiger partial charge is 0.304 e. The lowest BCUT2D eigenvalue weighted by Gasteiger charge is -2.20. The largest absolute Gasteiger partial charge is 0.481 e. The van der Waals surface area contributed by atoms with E-state index in [9.17, 15) is 13.2 Å². The molecule has 6 heteroatoms. The van der Waals surface area contributed by atoms with Gasteiger partial charge in [-0.05, 0) is 12.5 Å². The summed E-state index contributed by atoms with van der Waals surface area (Å²) in [6, 6.07) is 9.13. The number of nitrogens with zero attached hydrogens (tertiary/aromatic N) is 1. The van der Waals surface area contributed by atoms with Gasteiger partial charge in [0.1, 0.15) is 0 Å². The molecule has 0 radical (unpaired) electrons. The lowest BCUT2D eigenvalue weighted by Crippen LogP contribution is -2.33. The third-order valence-corrected chi connectivity index (χ3v) is 4.36. The Morgan fingerprint density at radius 2 is 1.89 bits per heavy atom. The summed E-state index contributed by atoms with van der Waals surface area (Å²) in [7, 11) is -3.38. The highest BCUT2D eigenvalue weighted by molar-refractivity contribution is 7.89. The van der Waals surface area contributed by atoms with Gasteiger partial charge in [0.05, 0.1) is 12.2 Å². The number of carbonyl (C=O) groups is 1. The second-order valence-electron chi connectivity index (χ2n) is 3.86. The van der Waals surface area contributed by atoms with Crippen molar-refractivity contribution in [2.75, 3.05) is 12.3 Å². The Morgan fingerprint density at radius 3 is 2.39 bits per heavy atom. The van der Waals surface area contributed by atoms with Gasteiger partial charge in [0.25, 0.3) is 0 Å². The molecule has 0 aliphatic carbocycles. The highest BCUT2D eigenvalue weighted by Gasteiger charge is 2.20. The van der Waals surface area contributed by atoms with Gasteiger partial charge in [-0.25, -0.2) is 8.42 Å². The van der Waals surface area contributed by atoms with Crippen LogP contribution in [0.4, 0.5) is 0 Å². The maximum atomic E-state index is 11.8. The summed E-state index contributed by atoms with van der Waals surface area (Å²) < 4.78 is 24.9. The maximum Gasteiger partial charge on any atom is 0.304 e. The molecule has 1 N–H and O–H groups in total. The normalized spacial score (nSPS) is 11.7. The van der Waals surface area contributed by atoms with Gasteiger partial charge in [0.15, 0.2) is 0 Å². The molecule has 0 saturated carbocycles. The number of sulfonamides is 1. The van der Waals surface area contributed by atoms with E-state index in [0.717, 1.165) is 5.56 Å². The molecular weight excluding hydrogens is 254 g/mol. The average Bonchev–Trinajstić information content (AvgIpc) is 2.35. The second-order valence-corrected chi connectivity index (χ2v) is 6.12. The van der Waals surface area contributed by atoms with Gasteiger partial charge in [-0.1, -0.05) is 30.3 Å². The zero-order chi connectivity index (χ0) is 13.6. The molecule has 0 atom stereocenters. The van der Waals surface area contributed by atoms with Gasteiger partial charge in [0, 0.05) is 13.1 Å². The first-order chi connectivity index (χ1) is 8.45. The Morgan fingerprint density at radius 1 is 1.28 bits per heavy atom. The van der Waals surface area contributed by atoms with Crippen molar-refractivity contribution in [3.63, 3.8) is 0 Å². The Hall–Kier alpha value is -1.40. The Labute approximate surface area is 107 Å². The van der Waals surface area contributed by atoms with Crippen LogP contribution in [0, 0.1) is 0 Å². The summed E-state index contributed by atoms with van der Waals surface area (Å²) in [5.74, 6) is -1.03. The number of carboxylic acids is 1. The molecular formula is C12H17NO4S. The topological polar surface area (TPSA) is 74.7 Å². The maximum absolute atomic E-state index is 11.8. The minimum absolute atomic E-state index is 0.000398. The van der Waals surface area contributed by atoms with Crippen molar-refractivity contribution in [2.45, 2.75) is 19.9 Å². The van der Waals surface area contributed by atoms with Gasteiger partial charge >= 0.3 is 5.97 Å². The molecule has 5 nitrogen and oxygen atoms in total. The summed E-state index contributed by atoms with van der Waals surface area (Å²) in [5.41, 5.74) is 0.847. The van der Waals surface area contributed by atoms with E-state index in [4.69, 9.17) is 5.11 Å². The van der Waals surface area contributed by atoms with Crippen molar-refractivity contribution in [3.8, 4) is 0 Å². The monoisotopic (exact) mass is 271 g/mol. The van der Waals surface area contributed by atoms with Gasteiger partial charge in [-0.15, -0.1) is 0 Å². The van der Waals surface area contributed by atoms with E-state index in [1.807, 2.05) is 30.3 Å². The van der Waals surface area contributed by atoms with Crippen LogP contribution < -0.4 is 0 Å². The minimum atomic E-state index is -3.38. The van der Waals surface area contributed by atoms with Gasteiger partial charge in [-0.2, -0.15) is 4.31 Å². The summed E-state index contributed by atoms with van der Waals surface area (Å²) in [4.78, 5) is 10.5. The summed E-state index contributed by atoms with van der Waals surface area (Å²) in [6.07, 6.45) is -0.188. The molecule has 1 aromatic carbocycles. The van der Waals surface area contributed by atoms with Crippen LogP contribution in [0.1, 0.15) is 18.9 Å². The van der Waals surface area contributed by atoms with Crippen LogP contribution in [0.3, 0.4) is 0 Å². The van der Waals surface area contributed by atoms with Crippen molar-refractivity contribution >= 4 is 16.0 Å². The molecule has 1 rings (SSSR count). The molecule has 0 aromatic heterocycles. The molecule has 100 valence electrons. The van der Waals surface area contributed by atoms with E-state index in [0.29, 0.717) is 0 Å². The number of rotatable bonds is 7. The molecule has 18 heavy (non-hydrogen) atoms. The third-order valence-electron chi connectivity index (χ3n) is 2.54. The van der Waals surface area contributed by atoms with Crippen molar-refractivity contribution < 1.29 is 18.3 Å². The van der Waals surface area contributed by atoms with Crippen LogP contribution in [0.15, 0.2) is 30.3 Å². The van der Waals surface area contributed by atoms with E-state index in [-0.39, 0.29) is 25.3 Å². The first kappa shape index (κ1) is 14.7. The predicted octanol–water partition coefficient (Wildman–Crippen LogP) is 1.31. The van der Waals surface area contributed by atoms with Crippen LogP contribution in [0.2, 0.25) is 0 Å². The number of benzene rings is 1. The predicted molar refractivity (Wildman–Crippen MR) is 68.6 cm³/mol. The van der Waals surface area contributed by atoms with Gasteiger partial charge < -0.3 is 5.11 Å². The van der Waals surface area contributed by atoms with Gasteiger partial charge in [0.2, 0.25) is 10.0 Å². The summed E-state index contributed by atoms with van der Waals surface area (Å²) in [5, 5.41) is 8.65. The fourth-order valence-electron chi connectivity index (χ4n) is 1.51. The van der Waals surface area contributed by atoms with Crippen molar-refractivity contribution in [1.82, 2.24) is 4.31 Å². The molecule has 0 spiro atoms. The van der Waals surface area contributed by atoms with E-state index in [1.165, 1.54) is 4.31 Å². The molecule has 0 amide bonds. The highest BCUT2D eigenvalue weighted by atomic mass is 32.2. The Bertz CT molecular complexity index is 484. The Kier molecular flexibility index (Phi) is 5.30. The minimum Gasteiger partial charge on any atom is -0.481 e. The van der Waals surface area contributed by atoms with E-state index in [1.54, 1.807) is 6.92 Å². The highest BCUT2D eigenvalue weighted by Crippen LogP contribution is 2.10. The number of carboxylic acid groups (broad SMARTS) is 1. The van der Waals surface area contributed by atoms with E-state index in [2.05, 4.69) is 0 Å². The zero-order valence-corrected chi connectivity index (χ0v) is 11.1. The molecule has 0 unspecified atom stereocenters. The zero-order valence-electron chi connectivity index (χ0n) is 10.2. The van der Waals surface area contributed by atoms with Crippen molar-refractivity contribution in [3.05, 3.63) is 35.9 Å². The van der Waals surface area contributed by atoms with Crippen LogP contribution in [-0.2, 0) is 21.4 Å². The molecule has 0 aliphatic heterocycles. The molecule has 0 fully saturated rings. The van der Waals surface area contributed by atoms with Crippen LogP contribution in [-0.4, -0.2) is 36.1 Å². The molecule has 0 heterocycles. The summed E-state index contributed by atoms with van der Waals surface area (Å²) >= 11 is 0. The second kappa shape index (κ2) is 6.51. The van der Waals surface area contributed by atoms with E-state index < -0.39 is 16.0 Å². The Balaban J connectivity index is 2.81. The van der Waals surface area contributed by atoms with Crippen LogP contribution in [0.5, 0.6) is 0 Å². The first-order valence-corrected chi connectivity index (χ1v) is 7.30. The molecule has 0 bridgehead atoms. The molecule has 0 saturated heterocycles. The molecule has 0 aliphatic rings. The fourth-order valence-corrected chi connectivity index (χ4v) is 2.59. The standard InChI is InChI=1S/C12H17NO4S/c1-2-18(16,17)13(9-8-12(14)15)10-11-6-4-3-5-7-11/h3-7H,2,8-10H2,1H3,(H,14,15). The number of aliphatic carboxylic acids is 1. The first-order valence-electron chi connectivity index (χ1n) is 5.69. The summed E-state index contributed by atoms with van der Waals surface area (Å²) in [6.45, 7) is 1.76. The quantitative estimate of drug-likeness (QED) is 0.811. The van der Waals surface area contributed by atoms with Crippen LogP contribution in [0.25, 0.3) is 0 Å². The lowest BCUT2D eigenvalue weighted by atomic mass is 10.2. The number of hydrogen-bond acceptors (Lipinski definition) is 3. The molecule has 1 aromatic rings. The van der Waals surface area contributed by atoms with Crippen molar-refractivity contribution in [1.29, 1.82) is 0 Å². The lowest BCUT2D eigenvalue weighted by molar-refractivity contribution is -0.137. The number of hydrogen-bond donors (Lipinski definition) is 1.